The average molecular weight is 255 g/mol. The Morgan fingerprint density at radius 2 is 2.16 bits per heavy atom. The summed E-state index contributed by atoms with van der Waals surface area (Å²) in [6.45, 7) is 0. The highest BCUT2D eigenvalue weighted by Gasteiger charge is 2.39. The number of carbonyl (C=O) groups is 1. The van der Waals surface area contributed by atoms with Crippen LogP contribution in [0.5, 0.6) is 0 Å². The topological polar surface area (TPSA) is 46.9 Å². The highest BCUT2D eigenvalue weighted by molar-refractivity contribution is 5.90. The van der Waals surface area contributed by atoms with Gasteiger partial charge < -0.3 is 5.32 Å². The van der Waals surface area contributed by atoms with Crippen molar-refractivity contribution in [2.75, 3.05) is 5.32 Å². The number of carbonyl (C=O) groups excluding carboxylic acids is 1. The minimum atomic E-state index is 0.0760. The molecule has 1 N–H and O–H groups in total. The molecule has 1 aliphatic carbocycles. The lowest BCUT2D eigenvalue weighted by Gasteiger charge is -2.05. The zero-order valence-electron chi connectivity index (χ0n) is 10.9. The van der Waals surface area contributed by atoms with Crippen LogP contribution in [0.4, 0.5) is 5.82 Å². The van der Waals surface area contributed by atoms with E-state index in [1.54, 1.807) is 16.9 Å². The van der Waals surface area contributed by atoms with Crippen molar-refractivity contribution in [1.82, 2.24) is 9.78 Å². The molecule has 1 amide bonds. The molecule has 1 aromatic carbocycles. The summed E-state index contributed by atoms with van der Waals surface area (Å²) in [6, 6.07) is 12.2. The first-order valence-corrected chi connectivity index (χ1v) is 6.57. The molecule has 0 saturated heterocycles. The van der Waals surface area contributed by atoms with Crippen molar-refractivity contribution < 1.29 is 4.79 Å². The Hall–Kier alpha value is -2.10. The van der Waals surface area contributed by atoms with E-state index >= 15 is 0 Å². The molecule has 0 aliphatic heterocycles. The molecule has 1 heterocycles. The third kappa shape index (κ3) is 2.67. The summed E-state index contributed by atoms with van der Waals surface area (Å²) in [5.41, 5.74) is 1.35. The third-order valence-corrected chi connectivity index (χ3v) is 3.69. The lowest BCUT2D eigenvalue weighted by Crippen LogP contribution is -2.14. The van der Waals surface area contributed by atoms with E-state index in [1.165, 1.54) is 5.56 Å². The van der Waals surface area contributed by atoms with Crippen LogP contribution in [0.25, 0.3) is 0 Å². The number of nitrogens with zero attached hydrogens (tertiary/aromatic N) is 2. The van der Waals surface area contributed by atoms with Gasteiger partial charge in [-0.05, 0) is 23.8 Å². The van der Waals surface area contributed by atoms with Gasteiger partial charge in [-0.15, -0.1) is 0 Å². The van der Waals surface area contributed by atoms with Crippen LogP contribution in [-0.2, 0) is 11.8 Å². The van der Waals surface area contributed by atoms with Crippen molar-refractivity contribution in [2.24, 2.45) is 13.0 Å². The predicted octanol–water partition coefficient (Wildman–Crippen LogP) is 2.55. The van der Waals surface area contributed by atoms with E-state index in [9.17, 15) is 4.79 Å². The van der Waals surface area contributed by atoms with Crippen molar-refractivity contribution in [1.29, 1.82) is 0 Å². The van der Waals surface area contributed by atoms with Gasteiger partial charge in [0.1, 0.15) is 5.82 Å². The molecule has 2 atom stereocenters. The number of anilines is 1. The van der Waals surface area contributed by atoms with Gasteiger partial charge in [0.15, 0.2) is 0 Å². The lowest BCUT2D eigenvalue weighted by molar-refractivity contribution is -0.116. The molecule has 98 valence electrons. The maximum atomic E-state index is 11.9. The van der Waals surface area contributed by atoms with Crippen molar-refractivity contribution in [3.8, 4) is 0 Å². The fourth-order valence-corrected chi connectivity index (χ4v) is 2.51. The second-order valence-corrected chi connectivity index (χ2v) is 5.11. The predicted molar refractivity (Wildman–Crippen MR) is 73.7 cm³/mol. The van der Waals surface area contributed by atoms with Gasteiger partial charge in [0, 0.05) is 19.5 Å². The Labute approximate surface area is 112 Å². The minimum absolute atomic E-state index is 0.0760. The van der Waals surface area contributed by atoms with Crippen LogP contribution in [0.15, 0.2) is 42.6 Å². The molecule has 1 aromatic heterocycles. The first-order chi connectivity index (χ1) is 9.24. The van der Waals surface area contributed by atoms with Crippen molar-refractivity contribution in [2.45, 2.75) is 18.8 Å². The molecule has 4 nitrogen and oxygen atoms in total. The molecule has 1 saturated carbocycles. The van der Waals surface area contributed by atoms with Gasteiger partial charge in [0.25, 0.3) is 0 Å². The molecular formula is C15H17N3O. The van der Waals surface area contributed by atoms with E-state index in [2.05, 4.69) is 34.7 Å². The van der Waals surface area contributed by atoms with E-state index in [0.717, 1.165) is 12.2 Å². The second-order valence-electron chi connectivity index (χ2n) is 5.11. The van der Waals surface area contributed by atoms with E-state index in [1.807, 2.05) is 13.1 Å². The molecule has 0 spiro atoms. The number of rotatable bonds is 4. The lowest BCUT2D eigenvalue weighted by atomic mass is 10.1. The Morgan fingerprint density at radius 3 is 2.84 bits per heavy atom. The SMILES string of the molecule is Cn1nccc1NC(=O)C[C@@H]1C[C@H]1c1ccccc1. The van der Waals surface area contributed by atoms with E-state index in [0.29, 0.717) is 18.3 Å². The van der Waals surface area contributed by atoms with Crippen LogP contribution in [0.2, 0.25) is 0 Å². The van der Waals surface area contributed by atoms with Crippen LogP contribution in [0, 0.1) is 5.92 Å². The maximum Gasteiger partial charge on any atom is 0.225 e. The molecular weight excluding hydrogens is 238 g/mol. The van der Waals surface area contributed by atoms with Crippen LogP contribution in [0.3, 0.4) is 0 Å². The third-order valence-electron chi connectivity index (χ3n) is 3.69. The van der Waals surface area contributed by atoms with Gasteiger partial charge in [-0.3, -0.25) is 9.48 Å². The van der Waals surface area contributed by atoms with E-state index in [-0.39, 0.29) is 5.91 Å². The number of nitrogens with one attached hydrogen (secondary N) is 1. The zero-order chi connectivity index (χ0) is 13.2. The van der Waals surface area contributed by atoms with Gasteiger partial charge in [0.2, 0.25) is 5.91 Å². The molecule has 1 aliphatic rings. The summed E-state index contributed by atoms with van der Waals surface area (Å²) >= 11 is 0. The number of benzene rings is 1. The van der Waals surface area contributed by atoms with Crippen LogP contribution >= 0.6 is 0 Å². The average Bonchev–Trinajstić information content (AvgIpc) is 3.06. The fraction of sp³-hybridized carbons (Fsp3) is 0.333. The van der Waals surface area contributed by atoms with Crippen molar-refractivity contribution >= 4 is 11.7 Å². The number of aryl methyl sites for hydroxylation is 1. The largest absolute Gasteiger partial charge is 0.311 e. The molecule has 19 heavy (non-hydrogen) atoms. The molecule has 0 unspecified atom stereocenters. The smallest absolute Gasteiger partial charge is 0.225 e. The Morgan fingerprint density at radius 1 is 1.37 bits per heavy atom. The number of hydrogen-bond donors (Lipinski definition) is 1. The molecule has 4 heteroatoms. The Balaban J connectivity index is 1.54. The Bertz CT molecular complexity index is 576. The molecule has 1 fully saturated rings. The second kappa shape index (κ2) is 4.88. The van der Waals surface area contributed by atoms with Gasteiger partial charge in [-0.2, -0.15) is 5.10 Å². The van der Waals surface area contributed by atoms with Gasteiger partial charge in [-0.1, -0.05) is 30.3 Å². The number of aromatic nitrogens is 2. The van der Waals surface area contributed by atoms with Crippen molar-refractivity contribution in [3.05, 3.63) is 48.2 Å². The maximum absolute atomic E-state index is 11.9. The van der Waals surface area contributed by atoms with E-state index < -0.39 is 0 Å². The Kier molecular flexibility index (Phi) is 3.07. The van der Waals surface area contributed by atoms with E-state index in [4.69, 9.17) is 0 Å². The summed E-state index contributed by atoms with van der Waals surface area (Å²) in [5.74, 6) is 1.86. The quantitative estimate of drug-likeness (QED) is 0.912. The van der Waals surface area contributed by atoms with Gasteiger partial charge >= 0.3 is 0 Å². The zero-order valence-corrected chi connectivity index (χ0v) is 10.9. The van der Waals surface area contributed by atoms with Crippen molar-refractivity contribution in [3.63, 3.8) is 0 Å². The minimum Gasteiger partial charge on any atom is -0.311 e. The normalized spacial score (nSPS) is 21.1. The van der Waals surface area contributed by atoms with Crippen LogP contribution in [0.1, 0.15) is 24.3 Å². The summed E-state index contributed by atoms with van der Waals surface area (Å²) in [7, 11) is 1.82. The molecule has 2 aromatic rings. The van der Waals surface area contributed by atoms with Crippen LogP contribution < -0.4 is 5.32 Å². The molecule has 0 bridgehead atoms. The fourth-order valence-electron chi connectivity index (χ4n) is 2.51. The highest BCUT2D eigenvalue weighted by atomic mass is 16.1. The number of amides is 1. The summed E-state index contributed by atoms with van der Waals surface area (Å²) in [5, 5.41) is 6.92. The monoisotopic (exact) mass is 255 g/mol. The number of hydrogen-bond acceptors (Lipinski definition) is 2. The first kappa shape index (κ1) is 12.0. The van der Waals surface area contributed by atoms with Gasteiger partial charge in [0.05, 0.1) is 6.20 Å². The highest BCUT2D eigenvalue weighted by Crippen LogP contribution is 2.49. The van der Waals surface area contributed by atoms with Crippen LogP contribution in [-0.4, -0.2) is 15.7 Å². The summed E-state index contributed by atoms with van der Waals surface area (Å²) in [6.07, 6.45) is 3.38. The first-order valence-electron chi connectivity index (χ1n) is 6.57. The molecule has 0 radical (unpaired) electrons. The standard InChI is InChI=1S/C15H17N3O/c1-18-14(7-8-16-18)17-15(19)10-12-9-13(12)11-5-3-2-4-6-11/h2-8,12-13H,9-10H2,1H3,(H,17,19)/t12-,13-/m0/s1. The molecule has 3 rings (SSSR count). The summed E-state index contributed by atoms with van der Waals surface area (Å²) in [4.78, 5) is 11.9. The van der Waals surface area contributed by atoms with Gasteiger partial charge in [-0.25, -0.2) is 0 Å². The summed E-state index contributed by atoms with van der Waals surface area (Å²) < 4.78 is 1.67.